The fourth-order valence-corrected chi connectivity index (χ4v) is 3.34. The van der Waals surface area contributed by atoms with Gasteiger partial charge >= 0.3 is 5.97 Å². The summed E-state index contributed by atoms with van der Waals surface area (Å²) in [6.45, 7) is 5.48. The van der Waals surface area contributed by atoms with E-state index in [0.717, 1.165) is 42.7 Å². The molecule has 1 unspecified atom stereocenters. The van der Waals surface area contributed by atoms with Gasteiger partial charge in [-0.25, -0.2) is 0 Å². The normalized spacial score (nSPS) is 15.2. The first-order chi connectivity index (χ1) is 15.1. The Balaban J connectivity index is 1.56. The molecule has 7 heteroatoms. The average Bonchev–Trinajstić information content (AvgIpc) is 2.77. The molecule has 0 radical (unpaired) electrons. The monoisotopic (exact) mass is 423 g/mol. The van der Waals surface area contributed by atoms with E-state index in [4.69, 9.17) is 9.47 Å². The summed E-state index contributed by atoms with van der Waals surface area (Å²) in [5.41, 5.74) is 3.33. The van der Waals surface area contributed by atoms with E-state index in [9.17, 15) is 9.59 Å². The lowest BCUT2D eigenvalue weighted by molar-refractivity contribution is -0.145. The molecule has 3 rings (SSSR count). The number of carbonyl (C=O) groups excluding carboxylic acids is 2. The first-order valence-corrected chi connectivity index (χ1v) is 10.8. The minimum absolute atomic E-state index is 0.170. The first-order valence-electron chi connectivity index (χ1n) is 10.8. The molecular formula is C24H29N3O4. The van der Waals surface area contributed by atoms with E-state index in [1.54, 1.807) is 19.1 Å². The number of hydrogen-bond acceptors (Lipinski definition) is 6. The van der Waals surface area contributed by atoms with Crippen LogP contribution in [0.1, 0.15) is 54.6 Å². The van der Waals surface area contributed by atoms with Crippen LogP contribution in [0.3, 0.4) is 0 Å². The minimum Gasteiger partial charge on any atom is -0.490 e. The van der Waals surface area contributed by atoms with Gasteiger partial charge in [0.1, 0.15) is 11.9 Å². The number of fused-ring (bicyclic) bond motifs is 1. The van der Waals surface area contributed by atoms with Crippen molar-refractivity contribution >= 4 is 17.6 Å². The molecule has 7 nitrogen and oxygen atoms in total. The van der Waals surface area contributed by atoms with E-state index in [2.05, 4.69) is 22.5 Å². The average molecular weight is 424 g/mol. The summed E-state index contributed by atoms with van der Waals surface area (Å²) in [6.07, 6.45) is 2.57. The Morgan fingerprint density at radius 3 is 2.68 bits per heavy atom. The van der Waals surface area contributed by atoms with Gasteiger partial charge in [-0.05, 0) is 67.6 Å². The number of azo groups is 1. The standard InChI is InChI=1S/C24H29N3O4/c1-3-13-25-26-16-17-5-7-18(8-6-17)24(29)27-20-10-12-22-19(14-20)9-11-21(31-22)15-23(28)30-4-2/h5-8,10,12,14,21H,3-4,9,11,13,15-16H2,1-2H3,(H,27,29). The number of benzene rings is 2. The molecule has 1 atom stereocenters. The number of aryl methyl sites for hydroxylation is 1. The second-order valence-electron chi connectivity index (χ2n) is 7.43. The molecule has 1 aliphatic heterocycles. The summed E-state index contributed by atoms with van der Waals surface area (Å²) in [6, 6.07) is 13.0. The number of nitrogens with zero attached hydrogens (tertiary/aromatic N) is 2. The predicted molar refractivity (Wildman–Crippen MR) is 119 cm³/mol. The predicted octanol–water partition coefficient (Wildman–Crippen LogP) is 4.95. The zero-order valence-electron chi connectivity index (χ0n) is 18.1. The first kappa shape index (κ1) is 22.5. The number of anilines is 1. The number of rotatable bonds is 9. The topological polar surface area (TPSA) is 89.4 Å². The van der Waals surface area contributed by atoms with Crippen LogP contribution < -0.4 is 10.1 Å². The van der Waals surface area contributed by atoms with Crippen LogP contribution in [0.5, 0.6) is 5.75 Å². The fraction of sp³-hybridized carbons (Fsp3) is 0.417. The van der Waals surface area contributed by atoms with Crippen LogP contribution in [0.2, 0.25) is 0 Å². The third-order valence-electron chi connectivity index (χ3n) is 4.94. The summed E-state index contributed by atoms with van der Waals surface area (Å²) in [5.74, 6) is 0.339. The van der Waals surface area contributed by atoms with Crippen LogP contribution in [0.25, 0.3) is 0 Å². The quantitative estimate of drug-likeness (QED) is 0.457. The fourth-order valence-electron chi connectivity index (χ4n) is 3.34. The summed E-state index contributed by atoms with van der Waals surface area (Å²) < 4.78 is 10.9. The molecule has 2 aromatic rings. The Hall–Kier alpha value is -3.22. The van der Waals surface area contributed by atoms with Gasteiger partial charge in [-0.1, -0.05) is 19.1 Å². The molecular weight excluding hydrogens is 394 g/mol. The molecule has 31 heavy (non-hydrogen) atoms. The van der Waals surface area contributed by atoms with Gasteiger partial charge in [-0.15, -0.1) is 0 Å². The largest absolute Gasteiger partial charge is 0.490 e. The van der Waals surface area contributed by atoms with Gasteiger partial charge in [0.05, 0.1) is 26.1 Å². The van der Waals surface area contributed by atoms with E-state index in [-0.39, 0.29) is 24.4 Å². The van der Waals surface area contributed by atoms with Crippen LogP contribution in [-0.4, -0.2) is 31.1 Å². The smallest absolute Gasteiger partial charge is 0.309 e. The van der Waals surface area contributed by atoms with E-state index in [1.807, 2.05) is 30.3 Å². The SMILES string of the molecule is CCCN=NCc1ccc(C(=O)Nc2ccc3c(c2)CCC(CC(=O)OCC)O3)cc1. The number of carbonyl (C=O) groups is 2. The van der Waals surface area contributed by atoms with Gasteiger partial charge < -0.3 is 14.8 Å². The Kier molecular flexibility index (Phi) is 8.15. The zero-order chi connectivity index (χ0) is 22.1. The second-order valence-corrected chi connectivity index (χ2v) is 7.43. The highest BCUT2D eigenvalue weighted by Gasteiger charge is 2.23. The maximum absolute atomic E-state index is 12.6. The molecule has 0 saturated carbocycles. The van der Waals surface area contributed by atoms with Crippen molar-refractivity contribution in [2.45, 2.75) is 52.2 Å². The Morgan fingerprint density at radius 1 is 1.13 bits per heavy atom. The number of amides is 1. The summed E-state index contributed by atoms with van der Waals surface area (Å²) >= 11 is 0. The highest BCUT2D eigenvalue weighted by Crippen LogP contribution is 2.31. The zero-order valence-corrected chi connectivity index (χ0v) is 18.1. The molecule has 1 amide bonds. The molecule has 0 spiro atoms. The number of ether oxygens (including phenoxy) is 2. The lowest BCUT2D eigenvalue weighted by Gasteiger charge is -2.26. The molecule has 0 bridgehead atoms. The molecule has 0 aromatic heterocycles. The van der Waals surface area contributed by atoms with Gasteiger partial charge in [0.25, 0.3) is 5.91 Å². The van der Waals surface area contributed by atoms with E-state index in [0.29, 0.717) is 24.4 Å². The number of nitrogens with one attached hydrogen (secondary N) is 1. The third kappa shape index (κ3) is 6.64. The Bertz CT molecular complexity index is 925. The van der Waals surface area contributed by atoms with Crippen LogP contribution in [0.4, 0.5) is 5.69 Å². The van der Waals surface area contributed by atoms with Gasteiger partial charge in [-0.2, -0.15) is 10.2 Å². The Labute approximate surface area is 182 Å². The van der Waals surface area contributed by atoms with Crippen molar-refractivity contribution in [3.05, 3.63) is 59.2 Å². The number of esters is 1. The highest BCUT2D eigenvalue weighted by molar-refractivity contribution is 6.04. The van der Waals surface area contributed by atoms with E-state index < -0.39 is 0 Å². The maximum Gasteiger partial charge on any atom is 0.309 e. The maximum atomic E-state index is 12.6. The van der Waals surface area contributed by atoms with Crippen molar-refractivity contribution in [1.82, 2.24) is 0 Å². The van der Waals surface area contributed by atoms with Crippen molar-refractivity contribution in [3.63, 3.8) is 0 Å². The molecule has 1 N–H and O–H groups in total. The van der Waals surface area contributed by atoms with Crippen molar-refractivity contribution in [2.24, 2.45) is 10.2 Å². The molecule has 0 saturated heterocycles. The van der Waals surface area contributed by atoms with Crippen LogP contribution >= 0.6 is 0 Å². The molecule has 1 aliphatic rings. The molecule has 2 aromatic carbocycles. The molecule has 0 fully saturated rings. The third-order valence-corrected chi connectivity index (χ3v) is 4.94. The van der Waals surface area contributed by atoms with E-state index in [1.165, 1.54) is 0 Å². The lowest BCUT2D eigenvalue weighted by Crippen LogP contribution is -2.26. The summed E-state index contributed by atoms with van der Waals surface area (Å²) in [7, 11) is 0. The minimum atomic E-state index is -0.241. The van der Waals surface area contributed by atoms with Crippen molar-refractivity contribution in [1.29, 1.82) is 0 Å². The lowest BCUT2D eigenvalue weighted by atomic mass is 10.00. The van der Waals surface area contributed by atoms with Crippen LogP contribution in [0, 0.1) is 0 Å². The van der Waals surface area contributed by atoms with Crippen LogP contribution in [-0.2, 0) is 22.5 Å². The van der Waals surface area contributed by atoms with Gasteiger partial charge in [-0.3, -0.25) is 9.59 Å². The summed E-state index contributed by atoms with van der Waals surface area (Å²) in [4.78, 5) is 24.3. The van der Waals surface area contributed by atoms with Crippen molar-refractivity contribution in [3.8, 4) is 5.75 Å². The van der Waals surface area contributed by atoms with E-state index >= 15 is 0 Å². The Morgan fingerprint density at radius 2 is 1.94 bits per heavy atom. The van der Waals surface area contributed by atoms with Gasteiger partial charge in [0.2, 0.25) is 0 Å². The molecule has 164 valence electrons. The second kappa shape index (κ2) is 11.2. The molecule has 1 heterocycles. The van der Waals surface area contributed by atoms with Crippen molar-refractivity contribution < 1.29 is 19.1 Å². The number of hydrogen-bond donors (Lipinski definition) is 1. The van der Waals surface area contributed by atoms with Gasteiger partial charge in [0.15, 0.2) is 0 Å². The van der Waals surface area contributed by atoms with Crippen molar-refractivity contribution in [2.75, 3.05) is 18.5 Å². The highest BCUT2D eigenvalue weighted by atomic mass is 16.5. The summed E-state index contributed by atoms with van der Waals surface area (Å²) in [5, 5.41) is 11.1. The van der Waals surface area contributed by atoms with Crippen LogP contribution in [0.15, 0.2) is 52.7 Å². The molecule has 0 aliphatic carbocycles. The van der Waals surface area contributed by atoms with Gasteiger partial charge in [0, 0.05) is 11.3 Å².